The summed E-state index contributed by atoms with van der Waals surface area (Å²) in [7, 11) is 3.11. The number of carboxylic acid groups (broad SMARTS) is 1. The highest BCUT2D eigenvalue weighted by atomic mass is 19.4. The highest BCUT2D eigenvalue weighted by Crippen LogP contribution is 2.29. The Bertz CT molecular complexity index is 978. The number of amides is 1. The number of halogens is 3. The van der Waals surface area contributed by atoms with Crippen molar-refractivity contribution in [3.05, 3.63) is 23.8 Å². The molecule has 1 fully saturated rings. The molecule has 0 spiro atoms. The molecule has 9 nitrogen and oxygen atoms in total. The number of aliphatic carboxylic acids is 1. The zero-order valence-electron chi connectivity index (χ0n) is 23.0. The molecular formula is C27H40F3N3O6. The minimum absolute atomic E-state index is 0.00814. The van der Waals surface area contributed by atoms with Gasteiger partial charge in [0.05, 0.1) is 20.6 Å². The molecule has 0 saturated heterocycles. The number of nitrogens with zero attached hydrogens (tertiary/aromatic N) is 1. The topological polar surface area (TPSA) is 140 Å². The van der Waals surface area contributed by atoms with Crippen LogP contribution >= 0.6 is 0 Å². The van der Waals surface area contributed by atoms with Crippen molar-refractivity contribution in [3.8, 4) is 11.5 Å². The fraction of sp³-hybridized carbons (Fsp3) is 0.630. The summed E-state index contributed by atoms with van der Waals surface area (Å²) in [6, 6.07) is 4.82. The van der Waals surface area contributed by atoms with E-state index < -0.39 is 18.2 Å². The van der Waals surface area contributed by atoms with Gasteiger partial charge in [0, 0.05) is 6.42 Å². The van der Waals surface area contributed by atoms with Crippen LogP contribution in [-0.4, -0.2) is 55.2 Å². The molecule has 1 amide bonds. The Morgan fingerprint density at radius 1 is 1.13 bits per heavy atom. The number of methoxy groups -OCH3 is 2. The number of carbonyl (C=O) groups excluding carboxylic acids is 2. The molecule has 2 atom stereocenters. The van der Waals surface area contributed by atoms with Gasteiger partial charge in [-0.25, -0.2) is 9.79 Å². The first-order chi connectivity index (χ1) is 18.3. The van der Waals surface area contributed by atoms with Crippen LogP contribution in [0.2, 0.25) is 0 Å². The van der Waals surface area contributed by atoms with Gasteiger partial charge in [0.1, 0.15) is 6.04 Å². The molecule has 0 unspecified atom stereocenters. The van der Waals surface area contributed by atoms with Gasteiger partial charge in [0.25, 0.3) is 0 Å². The number of hydrogen-bond acceptors (Lipinski definition) is 6. The zero-order valence-corrected chi connectivity index (χ0v) is 23.0. The van der Waals surface area contributed by atoms with E-state index in [2.05, 4.69) is 24.2 Å². The second-order valence-corrected chi connectivity index (χ2v) is 9.67. The summed E-state index contributed by atoms with van der Waals surface area (Å²) in [5, 5.41) is 9.77. The average Bonchev–Trinajstić information content (AvgIpc) is 2.88. The molecule has 1 aromatic carbocycles. The number of alkyl halides is 3. The third-order valence-corrected chi connectivity index (χ3v) is 6.52. The van der Waals surface area contributed by atoms with Gasteiger partial charge in [-0.15, -0.1) is 0 Å². The molecule has 1 aromatic rings. The number of guanidine groups is 1. The summed E-state index contributed by atoms with van der Waals surface area (Å²) >= 11 is 0. The molecule has 1 aliphatic rings. The monoisotopic (exact) mass is 559 g/mol. The fourth-order valence-electron chi connectivity index (χ4n) is 4.18. The van der Waals surface area contributed by atoms with E-state index in [0.717, 1.165) is 24.8 Å². The van der Waals surface area contributed by atoms with Crippen molar-refractivity contribution in [1.82, 2.24) is 5.32 Å². The van der Waals surface area contributed by atoms with E-state index in [-0.39, 0.29) is 24.1 Å². The molecule has 0 bridgehead atoms. The van der Waals surface area contributed by atoms with Crippen LogP contribution in [0, 0.1) is 11.8 Å². The van der Waals surface area contributed by atoms with Crippen LogP contribution in [0.1, 0.15) is 70.8 Å². The molecule has 0 aromatic heterocycles. The Kier molecular flexibility index (Phi) is 14.4. The highest BCUT2D eigenvalue weighted by molar-refractivity contribution is 5.98. The van der Waals surface area contributed by atoms with Crippen molar-refractivity contribution in [2.45, 2.75) is 83.9 Å². The van der Waals surface area contributed by atoms with E-state index in [4.69, 9.17) is 25.1 Å². The number of nitrogens with one attached hydrogen (secondary N) is 1. The third-order valence-electron chi connectivity index (χ3n) is 6.52. The maximum Gasteiger partial charge on any atom is 0.490 e. The largest absolute Gasteiger partial charge is 0.493 e. The lowest BCUT2D eigenvalue weighted by atomic mass is 9.83. The second kappa shape index (κ2) is 16.6. The lowest BCUT2D eigenvalue weighted by Gasteiger charge is -2.25. The summed E-state index contributed by atoms with van der Waals surface area (Å²) in [6.45, 7) is 4.16. The Morgan fingerprint density at radius 2 is 1.72 bits per heavy atom. The standard InChI is InChI=1S/C25H39N3O4.C2HF3O2/c1-5-17(2)13-21(29)20(14-18-9-7-6-8-10-18)27-25(26)28-24(30)16-19-11-12-22(31-3)23(15-19)32-4;3-2(4,5)1(6)7/h11-12,15,17-18,20H,5-10,13-14,16H2,1-4H3,(H3,26,27,28,30);(H,6,7)/t17-,20-;/m1./s1. The summed E-state index contributed by atoms with van der Waals surface area (Å²) < 4.78 is 42.3. The SMILES string of the molecule is CC[C@@H](C)CC(=O)[C@@H](CC1CCCCC1)N=C(N)NC(=O)Cc1ccc(OC)c(OC)c1.O=C(O)C(F)(F)F. The molecule has 4 N–H and O–H groups in total. The van der Waals surface area contributed by atoms with Gasteiger partial charge in [-0.2, -0.15) is 13.2 Å². The summed E-state index contributed by atoms with van der Waals surface area (Å²) in [5.74, 6) is -0.959. The molecule has 220 valence electrons. The van der Waals surface area contributed by atoms with Crippen LogP contribution in [0.5, 0.6) is 11.5 Å². The normalized spacial score (nSPS) is 15.8. The number of carbonyl (C=O) groups is 3. The minimum Gasteiger partial charge on any atom is -0.493 e. The van der Waals surface area contributed by atoms with Gasteiger partial charge in [0.2, 0.25) is 5.91 Å². The van der Waals surface area contributed by atoms with E-state index in [9.17, 15) is 22.8 Å². The van der Waals surface area contributed by atoms with Gasteiger partial charge in [-0.05, 0) is 36.0 Å². The number of aliphatic imine (C=N–C) groups is 1. The molecule has 12 heteroatoms. The summed E-state index contributed by atoms with van der Waals surface area (Å²) in [4.78, 5) is 38.8. The molecule has 39 heavy (non-hydrogen) atoms. The molecule has 1 aliphatic carbocycles. The highest BCUT2D eigenvalue weighted by Gasteiger charge is 2.38. The first kappa shape index (κ1) is 33.7. The van der Waals surface area contributed by atoms with E-state index in [1.807, 2.05) is 0 Å². The van der Waals surface area contributed by atoms with Crippen LogP contribution in [0.25, 0.3) is 0 Å². The fourth-order valence-corrected chi connectivity index (χ4v) is 4.18. The van der Waals surface area contributed by atoms with Crippen LogP contribution in [0.4, 0.5) is 13.2 Å². The molecule has 0 aliphatic heterocycles. The van der Waals surface area contributed by atoms with E-state index in [0.29, 0.717) is 36.2 Å². The van der Waals surface area contributed by atoms with E-state index in [1.165, 1.54) is 19.3 Å². The quantitative estimate of drug-likeness (QED) is 0.265. The molecular weight excluding hydrogens is 519 g/mol. The lowest BCUT2D eigenvalue weighted by Crippen LogP contribution is -2.40. The maximum atomic E-state index is 12.9. The number of rotatable bonds is 11. The van der Waals surface area contributed by atoms with Crippen LogP contribution < -0.4 is 20.5 Å². The summed E-state index contributed by atoms with van der Waals surface area (Å²) in [6.07, 6.45) is 3.12. The van der Waals surface area contributed by atoms with Crippen molar-refractivity contribution in [2.24, 2.45) is 22.6 Å². The van der Waals surface area contributed by atoms with Crippen molar-refractivity contribution >= 4 is 23.6 Å². The Labute approximate surface area is 227 Å². The first-order valence-corrected chi connectivity index (χ1v) is 13.0. The number of ether oxygens (including phenoxy) is 2. The number of ketones is 1. The van der Waals surface area contributed by atoms with Gasteiger partial charge >= 0.3 is 12.1 Å². The van der Waals surface area contributed by atoms with Crippen LogP contribution in [-0.2, 0) is 20.8 Å². The number of Topliss-reactive ketones (excluding diaryl/α,β-unsaturated/α-hetero) is 1. The third kappa shape index (κ3) is 12.9. The zero-order chi connectivity index (χ0) is 29.6. The van der Waals surface area contributed by atoms with Crippen molar-refractivity contribution in [1.29, 1.82) is 0 Å². The van der Waals surface area contributed by atoms with Crippen LogP contribution in [0.3, 0.4) is 0 Å². The molecule has 1 saturated carbocycles. The maximum absolute atomic E-state index is 12.9. The summed E-state index contributed by atoms with van der Waals surface area (Å²) in [5.41, 5.74) is 6.82. The number of hydrogen-bond donors (Lipinski definition) is 3. The predicted octanol–water partition coefficient (Wildman–Crippen LogP) is 4.65. The minimum atomic E-state index is -5.08. The lowest BCUT2D eigenvalue weighted by molar-refractivity contribution is -0.192. The van der Waals surface area contributed by atoms with Crippen molar-refractivity contribution in [2.75, 3.05) is 14.2 Å². The van der Waals surface area contributed by atoms with Gasteiger partial charge in [-0.3, -0.25) is 14.9 Å². The smallest absolute Gasteiger partial charge is 0.490 e. The Hall–Kier alpha value is -3.31. The van der Waals surface area contributed by atoms with Crippen molar-refractivity contribution in [3.63, 3.8) is 0 Å². The second-order valence-electron chi connectivity index (χ2n) is 9.67. The molecule has 0 radical (unpaired) electrons. The first-order valence-electron chi connectivity index (χ1n) is 13.0. The average molecular weight is 560 g/mol. The molecule has 2 rings (SSSR count). The molecule has 0 heterocycles. The van der Waals surface area contributed by atoms with Gasteiger partial charge < -0.3 is 20.3 Å². The van der Waals surface area contributed by atoms with E-state index >= 15 is 0 Å². The Balaban J connectivity index is 0.000000956. The number of carboxylic acids is 1. The Morgan fingerprint density at radius 3 is 2.23 bits per heavy atom. The van der Waals surface area contributed by atoms with Gasteiger partial charge in [0.15, 0.2) is 23.2 Å². The number of benzene rings is 1. The van der Waals surface area contributed by atoms with Crippen LogP contribution in [0.15, 0.2) is 23.2 Å². The predicted molar refractivity (Wildman–Crippen MR) is 141 cm³/mol. The van der Waals surface area contributed by atoms with E-state index in [1.54, 1.807) is 32.4 Å². The number of nitrogens with two attached hydrogens (primary N) is 1. The van der Waals surface area contributed by atoms with Crippen molar-refractivity contribution < 1.29 is 42.1 Å². The van der Waals surface area contributed by atoms with Gasteiger partial charge in [-0.1, -0.05) is 58.4 Å².